The van der Waals surface area contributed by atoms with E-state index in [1.807, 2.05) is 6.07 Å². The highest BCUT2D eigenvalue weighted by atomic mass is 16.7. The Hall–Kier alpha value is -1.22. The third-order valence-corrected chi connectivity index (χ3v) is 4.17. The smallest absolute Gasteiger partial charge is 0.231 e. The molecule has 1 saturated carbocycles. The summed E-state index contributed by atoms with van der Waals surface area (Å²) in [6.07, 6.45) is 8.48. The number of ether oxygens (including phenoxy) is 2. The molecule has 1 heterocycles. The Bertz CT molecular complexity index is 411. The van der Waals surface area contributed by atoms with Crippen molar-refractivity contribution in [3.63, 3.8) is 0 Å². The minimum atomic E-state index is 0.355. The highest BCUT2D eigenvalue weighted by Gasteiger charge is 2.14. The molecule has 104 valence electrons. The Morgan fingerprint density at radius 3 is 2.63 bits per heavy atom. The summed E-state index contributed by atoms with van der Waals surface area (Å²) in [5.74, 6) is 2.62. The first-order valence-electron chi connectivity index (χ1n) is 7.51. The number of hydrogen-bond acceptors (Lipinski definition) is 3. The quantitative estimate of drug-likeness (QED) is 0.842. The Labute approximate surface area is 115 Å². The molecule has 0 saturated heterocycles. The van der Waals surface area contributed by atoms with E-state index < -0.39 is 0 Å². The van der Waals surface area contributed by atoms with Gasteiger partial charge in [-0.15, -0.1) is 0 Å². The van der Waals surface area contributed by atoms with Gasteiger partial charge in [-0.25, -0.2) is 0 Å². The zero-order valence-corrected chi connectivity index (χ0v) is 11.5. The van der Waals surface area contributed by atoms with Crippen molar-refractivity contribution in [1.82, 2.24) is 5.32 Å². The summed E-state index contributed by atoms with van der Waals surface area (Å²) >= 11 is 0. The standard InChI is InChI=1S/C16H23NO2/c1-2-4-6-13(5-3-1)10-17-11-14-7-8-15-16(9-14)19-12-18-15/h7-9,13,17H,1-6,10-12H2. The highest BCUT2D eigenvalue weighted by Crippen LogP contribution is 2.32. The molecule has 3 heteroatoms. The molecule has 1 aliphatic carbocycles. The predicted octanol–water partition coefficient (Wildman–Crippen LogP) is 3.48. The fraction of sp³-hybridized carbons (Fsp3) is 0.625. The molecular weight excluding hydrogens is 238 g/mol. The number of nitrogens with one attached hydrogen (secondary N) is 1. The van der Waals surface area contributed by atoms with Crippen LogP contribution in [-0.2, 0) is 6.54 Å². The average molecular weight is 261 g/mol. The van der Waals surface area contributed by atoms with Gasteiger partial charge >= 0.3 is 0 Å². The van der Waals surface area contributed by atoms with Gasteiger partial charge in [0.15, 0.2) is 11.5 Å². The predicted molar refractivity (Wildman–Crippen MR) is 75.5 cm³/mol. The van der Waals surface area contributed by atoms with Crippen LogP contribution in [0.2, 0.25) is 0 Å². The van der Waals surface area contributed by atoms with E-state index in [1.54, 1.807) is 0 Å². The fourth-order valence-electron chi connectivity index (χ4n) is 3.04. The minimum Gasteiger partial charge on any atom is -0.454 e. The number of hydrogen-bond donors (Lipinski definition) is 1. The van der Waals surface area contributed by atoms with Crippen molar-refractivity contribution in [1.29, 1.82) is 0 Å². The minimum absolute atomic E-state index is 0.355. The van der Waals surface area contributed by atoms with Gasteiger partial charge in [0.1, 0.15) is 0 Å². The van der Waals surface area contributed by atoms with E-state index in [9.17, 15) is 0 Å². The van der Waals surface area contributed by atoms with Gasteiger partial charge in [-0.1, -0.05) is 31.7 Å². The molecule has 0 aromatic heterocycles. The van der Waals surface area contributed by atoms with Crippen LogP contribution in [-0.4, -0.2) is 13.3 Å². The maximum absolute atomic E-state index is 5.40. The Balaban J connectivity index is 1.46. The first-order valence-corrected chi connectivity index (χ1v) is 7.51. The van der Waals surface area contributed by atoms with Crippen LogP contribution in [0.15, 0.2) is 18.2 Å². The summed E-state index contributed by atoms with van der Waals surface area (Å²) in [5, 5.41) is 3.59. The zero-order chi connectivity index (χ0) is 12.9. The van der Waals surface area contributed by atoms with Crippen LogP contribution in [0, 0.1) is 5.92 Å². The second-order valence-electron chi connectivity index (χ2n) is 5.68. The summed E-state index contributed by atoms with van der Waals surface area (Å²) in [7, 11) is 0. The van der Waals surface area contributed by atoms with Gasteiger partial charge in [-0.2, -0.15) is 0 Å². The van der Waals surface area contributed by atoms with Crippen molar-refractivity contribution in [2.75, 3.05) is 13.3 Å². The van der Waals surface area contributed by atoms with Crippen molar-refractivity contribution >= 4 is 0 Å². The van der Waals surface area contributed by atoms with E-state index in [0.29, 0.717) is 6.79 Å². The average Bonchev–Trinajstić information content (AvgIpc) is 2.74. The van der Waals surface area contributed by atoms with Gasteiger partial charge < -0.3 is 14.8 Å². The summed E-state index contributed by atoms with van der Waals surface area (Å²) in [5.41, 5.74) is 1.28. The van der Waals surface area contributed by atoms with E-state index in [4.69, 9.17) is 9.47 Å². The molecule has 1 aliphatic heterocycles. The highest BCUT2D eigenvalue weighted by molar-refractivity contribution is 5.44. The molecule has 2 aliphatic rings. The summed E-state index contributed by atoms with van der Waals surface area (Å²) in [6.45, 7) is 2.43. The number of rotatable bonds is 4. The first kappa shape index (κ1) is 12.8. The van der Waals surface area contributed by atoms with E-state index in [1.165, 1.54) is 44.1 Å². The first-order chi connectivity index (χ1) is 9.42. The van der Waals surface area contributed by atoms with Crippen molar-refractivity contribution in [3.8, 4) is 11.5 Å². The molecule has 0 atom stereocenters. The van der Waals surface area contributed by atoms with Crippen LogP contribution >= 0.6 is 0 Å². The van der Waals surface area contributed by atoms with Crippen LogP contribution in [0.5, 0.6) is 11.5 Å². The zero-order valence-electron chi connectivity index (χ0n) is 11.5. The molecule has 3 nitrogen and oxygen atoms in total. The SMILES string of the molecule is c1cc2c(cc1CNCC1CCCCCC1)OCO2. The molecule has 0 spiro atoms. The topological polar surface area (TPSA) is 30.5 Å². The lowest BCUT2D eigenvalue weighted by Gasteiger charge is -2.14. The fourth-order valence-corrected chi connectivity index (χ4v) is 3.04. The molecule has 0 radical (unpaired) electrons. The van der Waals surface area contributed by atoms with Crippen LogP contribution in [0.1, 0.15) is 44.1 Å². The monoisotopic (exact) mass is 261 g/mol. The lowest BCUT2D eigenvalue weighted by Crippen LogP contribution is -2.22. The third-order valence-electron chi connectivity index (χ3n) is 4.17. The molecule has 0 unspecified atom stereocenters. The molecule has 1 N–H and O–H groups in total. The Morgan fingerprint density at radius 1 is 1.00 bits per heavy atom. The summed E-state index contributed by atoms with van der Waals surface area (Å²) in [4.78, 5) is 0. The van der Waals surface area contributed by atoms with Gasteiger partial charge in [0, 0.05) is 6.54 Å². The van der Waals surface area contributed by atoms with Crippen LogP contribution in [0.25, 0.3) is 0 Å². The van der Waals surface area contributed by atoms with E-state index in [2.05, 4.69) is 17.4 Å². The maximum Gasteiger partial charge on any atom is 0.231 e. The van der Waals surface area contributed by atoms with Gasteiger partial charge in [0.05, 0.1) is 0 Å². The van der Waals surface area contributed by atoms with Crippen molar-refractivity contribution in [3.05, 3.63) is 23.8 Å². The van der Waals surface area contributed by atoms with Crippen LogP contribution in [0.3, 0.4) is 0 Å². The van der Waals surface area contributed by atoms with Crippen LogP contribution < -0.4 is 14.8 Å². The van der Waals surface area contributed by atoms with Crippen LogP contribution in [0.4, 0.5) is 0 Å². The van der Waals surface area contributed by atoms with Gasteiger partial charge in [0.25, 0.3) is 0 Å². The molecule has 3 rings (SSSR count). The molecule has 0 amide bonds. The third kappa shape index (κ3) is 3.41. The lowest BCUT2D eigenvalue weighted by molar-refractivity contribution is 0.174. The summed E-state index contributed by atoms with van der Waals surface area (Å²) < 4.78 is 10.7. The van der Waals surface area contributed by atoms with Crippen molar-refractivity contribution in [2.24, 2.45) is 5.92 Å². The van der Waals surface area contributed by atoms with E-state index >= 15 is 0 Å². The molecule has 1 aromatic carbocycles. The van der Waals surface area contributed by atoms with Gasteiger partial charge in [-0.05, 0) is 43.0 Å². The normalized spacial score (nSPS) is 19.4. The van der Waals surface area contributed by atoms with E-state index in [0.717, 1.165) is 30.5 Å². The molecule has 19 heavy (non-hydrogen) atoms. The second kappa shape index (κ2) is 6.29. The summed E-state index contributed by atoms with van der Waals surface area (Å²) in [6, 6.07) is 6.21. The second-order valence-corrected chi connectivity index (χ2v) is 5.68. The van der Waals surface area contributed by atoms with E-state index in [-0.39, 0.29) is 0 Å². The lowest BCUT2D eigenvalue weighted by atomic mass is 10.0. The molecule has 1 fully saturated rings. The number of fused-ring (bicyclic) bond motifs is 1. The largest absolute Gasteiger partial charge is 0.454 e. The van der Waals surface area contributed by atoms with Crippen molar-refractivity contribution < 1.29 is 9.47 Å². The van der Waals surface area contributed by atoms with Gasteiger partial charge in [0.2, 0.25) is 6.79 Å². The Kier molecular flexibility index (Phi) is 4.23. The molecular formula is C16H23NO2. The maximum atomic E-state index is 5.40. The number of benzene rings is 1. The van der Waals surface area contributed by atoms with Crippen molar-refractivity contribution in [2.45, 2.75) is 45.1 Å². The van der Waals surface area contributed by atoms with Gasteiger partial charge in [-0.3, -0.25) is 0 Å². The Morgan fingerprint density at radius 2 is 1.79 bits per heavy atom. The molecule has 0 bridgehead atoms. The molecule has 1 aromatic rings.